The van der Waals surface area contributed by atoms with Crippen molar-refractivity contribution in [3.05, 3.63) is 157 Å². The lowest BCUT2D eigenvalue weighted by Crippen LogP contribution is -2.10. The van der Waals surface area contributed by atoms with Gasteiger partial charge in [-0.2, -0.15) is 0 Å². The van der Waals surface area contributed by atoms with Crippen LogP contribution in [-0.4, -0.2) is 0 Å². The van der Waals surface area contributed by atoms with Crippen LogP contribution in [-0.2, 0) is 10.8 Å². The van der Waals surface area contributed by atoms with Gasteiger partial charge < -0.3 is 0 Å². The quantitative estimate of drug-likeness (QED) is 0.158. The van der Waals surface area contributed by atoms with Gasteiger partial charge in [-0.3, -0.25) is 0 Å². The molecule has 0 aliphatic rings. The first-order chi connectivity index (χ1) is 26.1. The predicted octanol–water partition coefficient (Wildman–Crippen LogP) is 15.7. The highest BCUT2D eigenvalue weighted by atomic mass is 14.3. The zero-order valence-corrected chi connectivity index (χ0v) is 31.9. The summed E-state index contributed by atoms with van der Waals surface area (Å²) in [4.78, 5) is 0. The van der Waals surface area contributed by atoms with E-state index in [2.05, 4.69) is 187 Å². The molecular weight excluding hydrogens is 649 g/mol. The molecule has 11 aromatic rings. The highest BCUT2D eigenvalue weighted by Crippen LogP contribution is 2.53. The second-order valence-corrected chi connectivity index (χ2v) is 17.7. The fraction of sp³-hybridized carbons (Fsp3) is 0.148. The van der Waals surface area contributed by atoms with E-state index in [0.29, 0.717) is 0 Å². The number of hydrogen-bond donors (Lipinski definition) is 0. The van der Waals surface area contributed by atoms with Gasteiger partial charge in [-0.1, -0.05) is 169 Å². The number of benzene rings is 9. The molecule has 0 aliphatic carbocycles. The Morgan fingerprint density at radius 3 is 1.24 bits per heavy atom. The molecule has 0 N–H and O–H groups in total. The summed E-state index contributed by atoms with van der Waals surface area (Å²) in [6, 6.07) is 56.0. The van der Waals surface area contributed by atoms with Crippen LogP contribution in [0.25, 0.3) is 108 Å². The van der Waals surface area contributed by atoms with Crippen molar-refractivity contribution in [1.82, 2.24) is 0 Å². The van der Waals surface area contributed by atoms with Crippen molar-refractivity contribution < 1.29 is 0 Å². The fourth-order valence-electron chi connectivity index (χ4n) is 9.75. The lowest BCUT2D eigenvalue weighted by molar-refractivity contribution is 0.590. The van der Waals surface area contributed by atoms with Gasteiger partial charge in [0.05, 0.1) is 0 Å². The van der Waals surface area contributed by atoms with Crippen molar-refractivity contribution >= 4 is 86.2 Å². The summed E-state index contributed by atoms with van der Waals surface area (Å²) in [5.74, 6) is 0. The van der Waals surface area contributed by atoms with Gasteiger partial charge in [-0.15, -0.1) is 0 Å². The van der Waals surface area contributed by atoms with Gasteiger partial charge in [0.25, 0.3) is 0 Å². The number of fused-ring (bicyclic) bond motifs is 9. The summed E-state index contributed by atoms with van der Waals surface area (Å²) in [6.07, 6.45) is 0. The van der Waals surface area contributed by atoms with Gasteiger partial charge in [0.1, 0.15) is 0 Å². The summed E-state index contributed by atoms with van der Waals surface area (Å²) in [5.41, 5.74) is 8.03. The molecule has 0 spiro atoms. The monoisotopic (exact) mass is 690 g/mol. The molecule has 0 aromatic heterocycles. The Labute approximate surface area is 316 Å². The van der Waals surface area contributed by atoms with Crippen LogP contribution in [0, 0.1) is 0 Å². The average Bonchev–Trinajstić information content (AvgIpc) is 3.66. The molecule has 0 radical (unpaired) electrons. The normalized spacial score (nSPS) is 13.0. The van der Waals surface area contributed by atoms with Crippen LogP contribution in [0.4, 0.5) is 0 Å². The zero-order chi connectivity index (χ0) is 36.7. The van der Waals surface area contributed by atoms with Crippen molar-refractivity contribution in [3.63, 3.8) is 0 Å². The summed E-state index contributed by atoms with van der Waals surface area (Å²) in [7, 11) is 0. The molecule has 0 fully saturated rings. The highest BCUT2D eigenvalue weighted by molar-refractivity contribution is 6.42. The minimum atomic E-state index is 0.0709. The molecule has 0 bridgehead atoms. The standard InChI is InChI=1S/C54H42/c1-53(2,3)35-24-20-32(21-25-35)48-45-29-42-39-17-11-16-38-37-15-8-7-12-34(37)28-44(50(38)39)43(42)30-46(45)49(33-22-26-36(27-23-33)54(4,5)6)52-41-19-10-14-31-13-9-18-40(47(31)41)51(48)52/h7-30H,1-6H3. The van der Waals surface area contributed by atoms with Crippen LogP contribution in [0.1, 0.15) is 52.7 Å². The van der Waals surface area contributed by atoms with Crippen molar-refractivity contribution in [3.8, 4) is 22.3 Å². The van der Waals surface area contributed by atoms with Gasteiger partial charge in [0.2, 0.25) is 0 Å². The third-order valence-electron chi connectivity index (χ3n) is 12.4. The molecule has 0 heteroatoms. The van der Waals surface area contributed by atoms with Crippen molar-refractivity contribution in [2.75, 3.05) is 0 Å². The molecule has 0 atom stereocenters. The van der Waals surface area contributed by atoms with E-state index < -0.39 is 0 Å². The topological polar surface area (TPSA) is 0 Å². The summed E-state index contributed by atoms with van der Waals surface area (Å²) < 4.78 is 0. The Kier molecular flexibility index (Phi) is 6.31. The van der Waals surface area contributed by atoms with E-state index in [1.807, 2.05) is 0 Å². The third-order valence-corrected chi connectivity index (χ3v) is 12.4. The van der Waals surface area contributed by atoms with Crippen LogP contribution in [0.2, 0.25) is 0 Å². The van der Waals surface area contributed by atoms with Crippen LogP contribution < -0.4 is 0 Å². The van der Waals surface area contributed by atoms with Crippen LogP contribution >= 0.6 is 0 Å². The van der Waals surface area contributed by atoms with E-state index in [0.717, 1.165) is 0 Å². The molecule has 258 valence electrons. The van der Waals surface area contributed by atoms with Crippen molar-refractivity contribution in [2.45, 2.75) is 52.4 Å². The maximum absolute atomic E-state index is 2.55. The smallest absolute Gasteiger partial charge is 0.000741 e. The molecule has 0 aliphatic heterocycles. The van der Waals surface area contributed by atoms with Gasteiger partial charge >= 0.3 is 0 Å². The van der Waals surface area contributed by atoms with Gasteiger partial charge in [0, 0.05) is 0 Å². The fourth-order valence-corrected chi connectivity index (χ4v) is 9.75. The average molecular weight is 691 g/mol. The Morgan fingerprint density at radius 1 is 0.278 bits per heavy atom. The molecule has 0 nitrogen and oxygen atoms in total. The molecule has 0 saturated carbocycles. The molecule has 11 aromatic carbocycles. The van der Waals surface area contributed by atoms with E-state index in [9.17, 15) is 0 Å². The largest absolute Gasteiger partial charge is 0.0616 e. The van der Waals surface area contributed by atoms with Gasteiger partial charge in [-0.25, -0.2) is 0 Å². The zero-order valence-electron chi connectivity index (χ0n) is 31.9. The Balaban J connectivity index is 1.40. The van der Waals surface area contributed by atoms with Gasteiger partial charge in [-0.05, 0) is 149 Å². The van der Waals surface area contributed by atoms with Crippen LogP contribution in [0.3, 0.4) is 0 Å². The minimum Gasteiger partial charge on any atom is -0.0616 e. The highest BCUT2D eigenvalue weighted by Gasteiger charge is 2.26. The van der Waals surface area contributed by atoms with E-state index >= 15 is 0 Å². The van der Waals surface area contributed by atoms with Crippen molar-refractivity contribution in [2.24, 2.45) is 0 Å². The predicted molar refractivity (Wildman–Crippen MR) is 237 cm³/mol. The third kappa shape index (κ3) is 4.32. The minimum absolute atomic E-state index is 0.0709. The molecule has 11 rings (SSSR count). The Hall–Kier alpha value is -5.98. The van der Waals surface area contributed by atoms with Gasteiger partial charge in [0.15, 0.2) is 0 Å². The van der Waals surface area contributed by atoms with Crippen LogP contribution in [0.15, 0.2) is 146 Å². The molecule has 0 unspecified atom stereocenters. The second-order valence-electron chi connectivity index (χ2n) is 17.7. The molecule has 0 heterocycles. The maximum atomic E-state index is 2.55. The van der Waals surface area contributed by atoms with E-state index in [-0.39, 0.29) is 10.8 Å². The first kappa shape index (κ1) is 31.5. The van der Waals surface area contributed by atoms with E-state index in [1.54, 1.807) is 0 Å². The lowest BCUT2D eigenvalue weighted by Gasteiger charge is -2.21. The molecular formula is C54H42. The summed E-state index contributed by atoms with van der Waals surface area (Å²) in [6.45, 7) is 13.8. The van der Waals surface area contributed by atoms with E-state index in [1.165, 1.54) is 120 Å². The first-order valence-electron chi connectivity index (χ1n) is 19.4. The molecule has 54 heavy (non-hydrogen) atoms. The SMILES string of the molecule is CC(C)(C)c1ccc(-c2c3cc4c(cc3c(-c3ccc(C(C)(C)C)cc3)c3c5cccc6cccc(c23)c65)c2cc3ccccc3c3cccc4c32)cc1. The van der Waals surface area contributed by atoms with E-state index in [4.69, 9.17) is 0 Å². The summed E-state index contributed by atoms with van der Waals surface area (Å²) >= 11 is 0. The number of rotatable bonds is 2. The molecule has 0 saturated heterocycles. The first-order valence-corrected chi connectivity index (χ1v) is 19.4. The second kappa shape index (κ2) is 10.8. The van der Waals surface area contributed by atoms with Crippen LogP contribution in [0.5, 0.6) is 0 Å². The Bertz CT molecular complexity index is 3280. The summed E-state index contributed by atoms with van der Waals surface area (Å²) in [5, 5.41) is 21.3. The molecule has 0 amide bonds. The van der Waals surface area contributed by atoms with Crippen molar-refractivity contribution in [1.29, 1.82) is 0 Å². The Morgan fingerprint density at radius 2 is 0.704 bits per heavy atom. The number of hydrogen-bond acceptors (Lipinski definition) is 0. The maximum Gasteiger partial charge on any atom is -0.000741 e. The lowest BCUT2D eigenvalue weighted by atomic mass is 9.82.